The van der Waals surface area contributed by atoms with Crippen LogP contribution in [0.5, 0.6) is 0 Å². The fraction of sp³-hybridized carbons (Fsp3) is 0.227. The molecule has 1 unspecified atom stereocenters. The molecule has 0 saturated carbocycles. The highest BCUT2D eigenvalue weighted by Gasteiger charge is 2.17. The van der Waals surface area contributed by atoms with Crippen LogP contribution in [0.15, 0.2) is 71.7 Å². The van der Waals surface area contributed by atoms with Gasteiger partial charge in [0.25, 0.3) is 0 Å². The van der Waals surface area contributed by atoms with E-state index < -0.39 is 0 Å². The van der Waals surface area contributed by atoms with Crippen molar-refractivity contribution in [3.63, 3.8) is 0 Å². The zero-order chi connectivity index (χ0) is 19.5. The highest BCUT2D eigenvalue weighted by Crippen LogP contribution is 2.25. The van der Waals surface area contributed by atoms with Crippen LogP contribution in [0.25, 0.3) is 17.1 Å². The second-order valence-corrected chi connectivity index (χ2v) is 6.91. The van der Waals surface area contributed by atoms with Crippen LogP contribution in [0.4, 0.5) is 0 Å². The zero-order valence-corrected chi connectivity index (χ0v) is 16.3. The lowest BCUT2D eigenvalue weighted by atomic mass is 10.1. The van der Waals surface area contributed by atoms with Crippen LogP contribution in [0.3, 0.4) is 0 Å². The molecule has 0 aliphatic rings. The highest BCUT2D eigenvalue weighted by molar-refractivity contribution is 5.53. The molecule has 4 rings (SSSR count). The van der Waals surface area contributed by atoms with Gasteiger partial charge in [-0.25, -0.2) is 14.6 Å². The van der Waals surface area contributed by atoms with Crippen LogP contribution in [0.1, 0.15) is 30.0 Å². The van der Waals surface area contributed by atoms with Crippen molar-refractivity contribution in [3.8, 4) is 17.1 Å². The van der Waals surface area contributed by atoms with Crippen LogP contribution in [-0.2, 0) is 6.54 Å². The summed E-state index contributed by atoms with van der Waals surface area (Å²) in [4.78, 5) is 11.0. The first-order chi connectivity index (χ1) is 13.6. The summed E-state index contributed by atoms with van der Waals surface area (Å²) in [6.45, 7) is 4.88. The average molecular weight is 373 g/mol. The van der Waals surface area contributed by atoms with E-state index in [4.69, 9.17) is 9.40 Å². The zero-order valence-electron chi connectivity index (χ0n) is 16.3. The second kappa shape index (κ2) is 7.78. The number of nitrogens with zero attached hydrogens (tertiary/aromatic N) is 5. The number of aromatic nitrogens is 4. The molecule has 28 heavy (non-hydrogen) atoms. The van der Waals surface area contributed by atoms with E-state index in [2.05, 4.69) is 53.2 Å². The summed E-state index contributed by atoms with van der Waals surface area (Å²) in [5.41, 5.74) is 4.19. The molecule has 0 aliphatic heterocycles. The maximum atomic E-state index is 5.89. The van der Waals surface area contributed by atoms with Gasteiger partial charge in [-0.3, -0.25) is 4.90 Å². The van der Waals surface area contributed by atoms with E-state index in [9.17, 15) is 0 Å². The number of rotatable bonds is 6. The summed E-state index contributed by atoms with van der Waals surface area (Å²) in [6.07, 6.45) is 3.23. The van der Waals surface area contributed by atoms with Gasteiger partial charge in [0.15, 0.2) is 0 Å². The van der Waals surface area contributed by atoms with Gasteiger partial charge in [0, 0.05) is 18.2 Å². The van der Waals surface area contributed by atoms with Gasteiger partial charge < -0.3 is 4.42 Å². The van der Waals surface area contributed by atoms with E-state index in [-0.39, 0.29) is 6.04 Å². The smallest absolute Gasteiger partial charge is 0.226 e. The Morgan fingerprint density at radius 2 is 1.82 bits per heavy atom. The van der Waals surface area contributed by atoms with Crippen molar-refractivity contribution in [3.05, 3.63) is 84.3 Å². The van der Waals surface area contributed by atoms with E-state index in [0.717, 1.165) is 22.7 Å². The van der Waals surface area contributed by atoms with E-state index >= 15 is 0 Å². The summed E-state index contributed by atoms with van der Waals surface area (Å²) in [6, 6.07) is 18.6. The largest absolute Gasteiger partial charge is 0.441 e. The van der Waals surface area contributed by atoms with Crippen molar-refractivity contribution in [1.82, 2.24) is 24.6 Å². The van der Waals surface area contributed by atoms with E-state index in [1.165, 1.54) is 11.9 Å². The van der Waals surface area contributed by atoms with Crippen molar-refractivity contribution in [2.24, 2.45) is 0 Å². The summed E-state index contributed by atoms with van der Waals surface area (Å²) in [5, 5.41) is 4.17. The summed E-state index contributed by atoms with van der Waals surface area (Å²) >= 11 is 0. The molecule has 0 bridgehead atoms. The average Bonchev–Trinajstić information content (AvgIpc) is 3.39. The van der Waals surface area contributed by atoms with Crippen molar-refractivity contribution in [1.29, 1.82) is 0 Å². The van der Waals surface area contributed by atoms with Crippen molar-refractivity contribution in [2.75, 3.05) is 7.05 Å². The minimum Gasteiger partial charge on any atom is -0.441 e. The topological polar surface area (TPSA) is 60.0 Å². The Labute approximate surface area is 164 Å². The Morgan fingerprint density at radius 1 is 1.07 bits per heavy atom. The first kappa shape index (κ1) is 18.1. The lowest BCUT2D eigenvalue weighted by Gasteiger charge is -2.24. The third-order valence-electron chi connectivity index (χ3n) is 5.03. The van der Waals surface area contributed by atoms with Gasteiger partial charge in [-0.2, -0.15) is 5.10 Å². The fourth-order valence-electron chi connectivity index (χ4n) is 3.15. The molecule has 0 fully saturated rings. The lowest BCUT2D eigenvalue weighted by molar-refractivity contribution is 0.249. The van der Waals surface area contributed by atoms with Gasteiger partial charge in [-0.1, -0.05) is 30.3 Å². The molecule has 6 nitrogen and oxygen atoms in total. The molecule has 2 aromatic heterocycles. The van der Waals surface area contributed by atoms with E-state index in [0.29, 0.717) is 12.4 Å². The summed E-state index contributed by atoms with van der Waals surface area (Å²) in [7, 11) is 2.10. The molecular weight excluding hydrogens is 350 g/mol. The molecule has 0 aliphatic carbocycles. The Kier molecular flexibility index (Phi) is 5.04. The number of hydrogen-bond donors (Lipinski definition) is 0. The van der Waals surface area contributed by atoms with Crippen molar-refractivity contribution >= 4 is 0 Å². The van der Waals surface area contributed by atoms with Gasteiger partial charge in [0.1, 0.15) is 18.4 Å². The number of oxazole rings is 1. The second-order valence-electron chi connectivity index (χ2n) is 6.91. The molecule has 6 heteroatoms. The number of aryl methyl sites for hydroxylation is 1. The van der Waals surface area contributed by atoms with Crippen LogP contribution in [0, 0.1) is 6.92 Å². The molecule has 0 amide bonds. The molecule has 2 aromatic carbocycles. The molecular formula is C22H23N5O. The minimum atomic E-state index is 0.237. The normalized spacial score (nSPS) is 12.4. The lowest BCUT2D eigenvalue weighted by Crippen LogP contribution is -2.22. The first-order valence-corrected chi connectivity index (χ1v) is 9.29. The monoisotopic (exact) mass is 373 g/mol. The predicted octanol–water partition coefficient (Wildman–Crippen LogP) is 4.42. The standard InChI is InChI=1S/C22H23N5O/c1-16(18-9-11-20(12-10-18)27-15-23-14-24-27)26(3)13-21-17(2)28-22(25-21)19-7-5-4-6-8-19/h4-12,14-16H,13H2,1-3H3. The van der Waals surface area contributed by atoms with Crippen molar-refractivity contribution < 1.29 is 4.42 Å². The first-order valence-electron chi connectivity index (χ1n) is 9.29. The molecule has 142 valence electrons. The Bertz CT molecular complexity index is 1020. The number of hydrogen-bond acceptors (Lipinski definition) is 5. The third-order valence-corrected chi connectivity index (χ3v) is 5.03. The quantitative estimate of drug-likeness (QED) is 0.501. The SMILES string of the molecule is Cc1oc(-c2ccccc2)nc1CN(C)C(C)c1ccc(-n2cncn2)cc1. The number of benzene rings is 2. The van der Waals surface area contributed by atoms with Crippen LogP contribution < -0.4 is 0 Å². The molecule has 1 atom stereocenters. The molecule has 0 saturated heterocycles. The van der Waals surface area contributed by atoms with Gasteiger partial charge in [-0.15, -0.1) is 0 Å². The van der Waals surface area contributed by atoms with Crippen molar-refractivity contribution in [2.45, 2.75) is 26.4 Å². The molecule has 0 radical (unpaired) electrons. The minimum absolute atomic E-state index is 0.237. The summed E-state index contributed by atoms with van der Waals surface area (Å²) in [5.74, 6) is 1.53. The van der Waals surface area contributed by atoms with Gasteiger partial charge in [-0.05, 0) is 50.7 Å². The Hall–Kier alpha value is -3.25. The fourth-order valence-corrected chi connectivity index (χ4v) is 3.15. The molecule has 2 heterocycles. The highest BCUT2D eigenvalue weighted by atomic mass is 16.4. The third kappa shape index (κ3) is 3.73. The van der Waals surface area contributed by atoms with Gasteiger partial charge in [0.05, 0.1) is 11.4 Å². The van der Waals surface area contributed by atoms with E-state index in [1.807, 2.05) is 37.3 Å². The van der Waals surface area contributed by atoms with Crippen LogP contribution >= 0.6 is 0 Å². The van der Waals surface area contributed by atoms with Crippen LogP contribution in [-0.4, -0.2) is 31.7 Å². The van der Waals surface area contributed by atoms with Gasteiger partial charge in [0.2, 0.25) is 5.89 Å². The van der Waals surface area contributed by atoms with Crippen LogP contribution in [0.2, 0.25) is 0 Å². The summed E-state index contributed by atoms with van der Waals surface area (Å²) < 4.78 is 7.64. The predicted molar refractivity (Wildman–Crippen MR) is 108 cm³/mol. The van der Waals surface area contributed by atoms with E-state index in [1.54, 1.807) is 11.0 Å². The maximum Gasteiger partial charge on any atom is 0.226 e. The molecule has 0 N–H and O–H groups in total. The Morgan fingerprint density at radius 3 is 2.50 bits per heavy atom. The van der Waals surface area contributed by atoms with Gasteiger partial charge >= 0.3 is 0 Å². The molecule has 0 spiro atoms. The maximum absolute atomic E-state index is 5.89. The Balaban J connectivity index is 1.47. The molecule has 4 aromatic rings.